The van der Waals surface area contributed by atoms with Gasteiger partial charge in [0.1, 0.15) is 34.3 Å². The SMILES string of the molecule is C=CC(=O)OCCCCCCOc1ccc(C#Cc2ccc(C(=O)Oc3ccc(OC(=O)c4ccc(C#Cc5ccc(OCCCCCCOC(=O)C=C)cc5)cc4)c(C(=O)OCCCCCCCCCCCOc4ccc(-c5ccc(C#N)cc5)cc4)c3)cc2)cc1. The van der Waals surface area contributed by atoms with Gasteiger partial charge in [-0.3, -0.25) is 0 Å². The molecule has 14 heteroatoms. The Hall–Kier alpha value is -10.6. The summed E-state index contributed by atoms with van der Waals surface area (Å²) in [5.74, 6) is 11.9. The van der Waals surface area contributed by atoms with E-state index < -0.39 is 29.8 Å². The largest absolute Gasteiger partial charge is 0.494 e. The van der Waals surface area contributed by atoms with Gasteiger partial charge in [-0.15, -0.1) is 0 Å². The molecule has 93 heavy (non-hydrogen) atoms. The van der Waals surface area contributed by atoms with Gasteiger partial charge < -0.3 is 37.9 Å². The average Bonchev–Trinajstić information content (AvgIpc) is 1.02. The van der Waals surface area contributed by atoms with Crippen LogP contribution in [0.3, 0.4) is 0 Å². The minimum atomic E-state index is -0.735. The third kappa shape index (κ3) is 26.0. The van der Waals surface area contributed by atoms with Crippen molar-refractivity contribution in [3.63, 3.8) is 0 Å². The highest BCUT2D eigenvalue weighted by Gasteiger charge is 2.21. The number of hydrogen-bond donors (Lipinski definition) is 0. The van der Waals surface area contributed by atoms with Crippen molar-refractivity contribution in [2.75, 3.05) is 39.6 Å². The summed E-state index contributed by atoms with van der Waals surface area (Å²) in [6, 6.07) is 50.1. The Balaban J connectivity index is 0.866. The third-order valence-electron chi connectivity index (χ3n) is 14.7. The van der Waals surface area contributed by atoms with Crippen LogP contribution in [0.5, 0.6) is 28.7 Å². The molecule has 0 heterocycles. The Bertz CT molecular complexity index is 3690. The zero-order chi connectivity index (χ0) is 65.5. The molecule has 0 fully saturated rings. The van der Waals surface area contributed by atoms with Crippen molar-refractivity contribution in [2.24, 2.45) is 0 Å². The molecule has 0 aliphatic carbocycles. The van der Waals surface area contributed by atoms with Crippen molar-refractivity contribution >= 4 is 29.8 Å². The number of carbonyl (C=O) groups is 5. The third-order valence-corrected chi connectivity index (χ3v) is 14.7. The van der Waals surface area contributed by atoms with Crippen LogP contribution >= 0.6 is 0 Å². The predicted octanol–water partition coefficient (Wildman–Crippen LogP) is 16.5. The molecule has 0 aliphatic heterocycles. The normalized spacial score (nSPS) is 10.4. The summed E-state index contributed by atoms with van der Waals surface area (Å²) in [6.45, 7) is 9.50. The summed E-state index contributed by atoms with van der Waals surface area (Å²) in [6.07, 6.45) is 18.4. The van der Waals surface area contributed by atoms with Gasteiger partial charge >= 0.3 is 29.8 Å². The van der Waals surface area contributed by atoms with Gasteiger partial charge in [-0.2, -0.15) is 5.26 Å². The molecular formula is C79H79NO13. The first-order chi connectivity index (χ1) is 45.5. The van der Waals surface area contributed by atoms with Gasteiger partial charge in [-0.25, -0.2) is 24.0 Å². The molecule has 0 unspecified atom stereocenters. The van der Waals surface area contributed by atoms with Gasteiger partial charge in [0.25, 0.3) is 0 Å². The topological polar surface area (TPSA) is 183 Å². The zero-order valence-corrected chi connectivity index (χ0v) is 52.7. The van der Waals surface area contributed by atoms with Crippen LogP contribution in [0, 0.1) is 35.0 Å². The number of carbonyl (C=O) groups excluding carboxylic acids is 5. The second kappa shape index (κ2) is 40.2. The van der Waals surface area contributed by atoms with Crippen LogP contribution < -0.4 is 23.7 Å². The molecule has 0 aliphatic rings. The maximum absolute atomic E-state index is 13.8. The van der Waals surface area contributed by atoms with E-state index in [1.807, 2.05) is 97.1 Å². The van der Waals surface area contributed by atoms with Crippen molar-refractivity contribution in [1.82, 2.24) is 0 Å². The molecule has 7 aromatic carbocycles. The van der Waals surface area contributed by atoms with E-state index in [9.17, 15) is 24.0 Å². The van der Waals surface area contributed by atoms with Crippen molar-refractivity contribution in [1.29, 1.82) is 5.26 Å². The van der Waals surface area contributed by atoms with Gasteiger partial charge in [-0.05, 0) is 215 Å². The van der Waals surface area contributed by atoms with Gasteiger partial charge in [0, 0.05) is 34.4 Å². The number of rotatable bonds is 37. The summed E-state index contributed by atoms with van der Waals surface area (Å²) in [4.78, 5) is 63.2. The van der Waals surface area contributed by atoms with E-state index in [4.69, 9.17) is 43.2 Å². The summed E-state index contributed by atoms with van der Waals surface area (Å²) < 4.78 is 45.1. The maximum atomic E-state index is 13.8. The highest BCUT2D eigenvalue weighted by atomic mass is 16.6. The second-order valence-electron chi connectivity index (χ2n) is 21.8. The molecule has 0 aromatic heterocycles. The number of hydrogen-bond acceptors (Lipinski definition) is 14. The fourth-order valence-corrected chi connectivity index (χ4v) is 9.40. The highest BCUT2D eigenvalue weighted by molar-refractivity contribution is 5.97. The Morgan fingerprint density at radius 1 is 0.333 bits per heavy atom. The molecule has 0 amide bonds. The van der Waals surface area contributed by atoms with E-state index in [0.717, 1.165) is 154 Å². The standard InChI is InChI=1S/C79H79NO13/c1-3-75(81)89-55-19-14-12-17-53-86-69-44-32-62(33-45-69)24-22-60-26-38-67(39-27-60)77(83)92-72-50-51-74(93-78(84)68-40-28-61(29-41-68)23-25-63-34-46-70(47-35-63)87-54-18-13-15-20-56-90-76(82)4-2)73(58-72)79(85)91-57-21-11-9-7-5-6-8-10-16-52-88-71-48-42-66(43-49-71)65-36-30-64(59-80)31-37-65/h3-4,26-51,58H,1-2,5-21,52-57H2. The fourth-order valence-electron chi connectivity index (χ4n) is 9.40. The quantitative estimate of drug-likeness (QED) is 0.00895. The highest BCUT2D eigenvalue weighted by Crippen LogP contribution is 2.28. The Labute approximate surface area is 546 Å². The van der Waals surface area contributed by atoms with Crippen LogP contribution in [-0.2, 0) is 23.8 Å². The first-order valence-corrected chi connectivity index (χ1v) is 31.8. The number of ether oxygens (including phenoxy) is 8. The van der Waals surface area contributed by atoms with Crippen LogP contribution in [-0.4, -0.2) is 69.5 Å². The van der Waals surface area contributed by atoms with Crippen molar-refractivity contribution < 1.29 is 61.9 Å². The second-order valence-corrected chi connectivity index (χ2v) is 21.8. The summed E-state index contributed by atoms with van der Waals surface area (Å²) in [5.41, 5.74) is 6.06. The van der Waals surface area contributed by atoms with Gasteiger partial charge in [-0.1, -0.05) is 106 Å². The lowest BCUT2D eigenvalue weighted by Crippen LogP contribution is -2.14. The minimum Gasteiger partial charge on any atom is -0.494 e. The molecule has 7 rings (SSSR count). The Morgan fingerprint density at radius 3 is 1.03 bits per heavy atom. The lowest BCUT2D eigenvalue weighted by molar-refractivity contribution is -0.138. The van der Waals surface area contributed by atoms with Gasteiger partial charge in [0.05, 0.1) is 62.4 Å². The smallest absolute Gasteiger partial charge is 0.343 e. The lowest BCUT2D eigenvalue weighted by atomic mass is 10.0. The first-order valence-electron chi connectivity index (χ1n) is 31.8. The van der Waals surface area contributed by atoms with Crippen LogP contribution in [0.25, 0.3) is 11.1 Å². The summed E-state index contributed by atoms with van der Waals surface area (Å²) in [5, 5.41) is 9.07. The van der Waals surface area contributed by atoms with E-state index >= 15 is 0 Å². The van der Waals surface area contributed by atoms with Crippen molar-refractivity contribution in [3.8, 4) is 69.6 Å². The van der Waals surface area contributed by atoms with Gasteiger partial charge in [0.15, 0.2) is 0 Å². The zero-order valence-electron chi connectivity index (χ0n) is 52.7. The Kier molecular flexibility index (Phi) is 30.2. The first kappa shape index (κ1) is 69.8. The molecule has 7 aromatic rings. The number of benzene rings is 7. The van der Waals surface area contributed by atoms with E-state index in [-0.39, 0.29) is 34.8 Å². The molecule has 0 saturated carbocycles. The minimum absolute atomic E-state index is 0.0463. The van der Waals surface area contributed by atoms with Crippen molar-refractivity contribution in [2.45, 2.75) is 109 Å². The molecule has 0 atom stereocenters. The van der Waals surface area contributed by atoms with E-state index in [0.29, 0.717) is 56.1 Å². The molecule has 478 valence electrons. The van der Waals surface area contributed by atoms with Crippen LogP contribution in [0.4, 0.5) is 0 Å². The van der Waals surface area contributed by atoms with E-state index in [1.54, 1.807) is 48.5 Å². The monoisotopic (exact) mass is 1250 g/mol. The number of esters is 5. The number of nitrogens with zero attached hydrogens (tertiary/aromatic N) is 1. The predicted molar refractivity (Wildman–Crippen MR) is 358 cm³/mol. The molecule has 0 radical (unpaired) electrons. The molecule has 14 nitrogen and oxygen atoms in total. The van der Waals surface area contributed by atoms with Crippen LogP contribution in [0.1, 0.15) is 168 Å². The van der Waals surface area contributed by atoms with Crippen LogP contribution in [0.2, 0.25) is 0 Å². The summed E-state index contributed by atoms with van der Waals surface area (Å²) >= 11 is 0. The van der Waals surface area contributed by atoms with E-state index in [2.05, 4.69) is 42.9 Å². The van der Waals surface area contributed by atoms with Crippen LogP contribution in [0.15, 0.2) is 189 Å². The number of unbranched alkanes of at least 4 members (excludes halogenated alkanes) is 14. The van der Waals surface area contributed by atoms with Crippen molar-refractivity contribution in [3.05, 3.63) is 234 Å². The fraction of sp³-hybridized carbons (Fsp3) is 0.291. The lowest BCUT2D eigenvalue weighted by Gasteiger charge is -2.12. The molecular weight excluding hydrogens is 1170 g/mol. The number of nitriles is 1. The molecule has 0 bridgehead atoms. The average molecular weight is 1250 g/mol. The maximum Gasteiger partial charge on any atom is 0.343 e. The molecule has 0 N–H and O–H groups in total. The molecule has 0 saturated heterocycles. The van der Waals surface area contributed by atoms with E-state index in [1.165, 1.54) is 18.2 Å². The molecule has 0 spiro atoms. The summed E-state index contributed by atoms with van der Waals surface area (Å²) in [7, 11) is 0. The Morgan fingerprint density at radius 2 is 0.645 bits per heavy atom. The van der Waals surface area contributed by atoms with Gasteiger partial charge in [0.2, 0.25) is 0 Å².